The smallest absolute Gasteiger partial charge is 0.308 e. The third-order valence-corrected chi connectivity index (χ3v) is 7.73. The van der Waals surface area contributed by atoms with Crippen molar-refractivity contribution in [1.29, 1.82) is 0 Å². The lowest BCUT2D eigenvalue weighted by atomic mass is 10.1. The van der Waals surface area contributed by atoms with Crippen LogP contribution in [-0.4, -0.2) is 36.1 Å². The van der Waals surface area contributed by atoms with Crippen molar-refractivity contribution in [1.82, 2.24) is 0 Å². The highest BCUT2D eigenvalue weighted by Crippen LogP contribution is 2.31. The van der Waals surface area contributed by atoms with Crippen molar-refractivity contribution in [2.75, 3.05) is 11.5 Å². The molecule has 0 fully saturated rings. The van der Waals surface area contributed by atoms with Crippen LogP contribution >= 0.6 is 23.4 Å². The summed E-state index contributed by atoms with van der Waals surface area (Å²) in [5.74, 6) is -2.59. The maximum atomic E-state index is 13.1. The van der Waals surface area contributed by atoms with Gasteiger partial charge in [-0.1, -0.05) is 41.9 Å². The van der Waals surface area contributed by atoms with Crippen LogP contribution in [0.15, 0.2) is 82.6 Å². The van der Waals surface area contributed by atoms with E-state index < -0.39 is 27.5 Å². The molecule has 0 aliphatic rings. The molecule has 0 spiro atoms. The predicted octanol–water partition coefficient (Wildman–Crippen LogP) is 4.98. The number of phenolic OH excluding ortho intramolecular Hbond substituents is 1. The summed E-state index contributed by atoms with van der Waals surface area (Å²) in [5.41, 5.74) is 1.19. The molecule has 0 heterocycles. The number of aliphatic carboxylic acids is 1. The summed E-state index contributed by atoms with van der Waals surface area (Å²) >= 11 is 7.16. The fourth-order valence-corrected chi connectivity index (χ4v) is 5.92. The number of hydrogen-bond donors (Lipinski definition) is 2. The number of carboxylic acid groups (broad SMARTS) is 1. The minimum atomic E-state index is -3.87. The summed E-state index contributed by atoms with van der Waals surface area (Å²) in [6.07, 6.45) is 0. The topological polar surface area (TPSA) is 91.7 Å². The van der Waals surface area contributed by atoms with Gasteiger partial charge in [-0.3, -0.25) is 4.79 Å². The molecular formula is C22H19ClO5S2. The Labute approximate surface area is 184 Å². The maximum absolute atomic E-state index is 13.1. The zero-order chi connectivity index (χ0) is 21.7. The Morgan fingerprint density at radius 2 is 1.60 bits per heavy atom. The van der Waals surface area contributed by atoms with Gasteiger partial charge < -0.3 is 10.2 Å². The fourth-order valence-electron chi connectivity index (χ4n) is 2.89. The van der Waals surface area contributed by atoms with E-state index in [9.17, 15) is 23.4 Å². The van der Waals surface area contributed by atoms with E-state index in [1.165, 1.54) is 30.0 Å². The van der Waals surface area contributed by atoms with E-state index in [0.717, 1.165) is 4.90 Å². The SMILES string of the molecule is O=C(O)C(CSc1ccc(O)cc1)CS(=O)(=O)c1ccccc1-c1ccc(Cl)cc1. The average molecular weight is 463 g/mol. The first kappa shape index (κ1) is 22.2. The molecule has 8 heteroatoms. The van der Waals surface area contributed by atoms with Crippen molar-refractivity contribution in [3.63, 3.8) is 0 Å². The molecule has 0 bridgehead atoms. The minimum Gasteiger partial charge on any atom is -0.508 e. The highest BCUT2D eigenvalue weighted by atomic mass is 35.5. The largest absolute Gasteiger partial charge is 0.508 e. The van der Waals surface area contributed by atoms with Gasteiger partial charge in [0.05, 0.1) is 16.6 Å². The molecule has 0 aliphatic carbocycles. The van der Waals surface area contributed by atoms with E-state index >= 15 is 0 Å². The molecule has 0 saturated heterocycles. The quantitative estimate of drug-likeness (QED) is 0.459. The summed E-state index contributed by atoms with van der Waals surface area (Å²) in [4.78, 5) is 12.6. The molecule has 3 rings (SSSR count). The van der Waals surface area contributed by atoms with Gasteiger partial charge in [-0.25, -0.2) is 8.42 Å². The Kier molecular flexibility index (Phi) is 7.07. The number of aromatic hydroxyl groups is 1. The Morgan fingerprint density at radius 3 is 2.23 bits per heavy atom. The van der Waals surface area contributed by atoms with Gasteiger partial charge in [0, 0.05) is 21.2 Å². The van der Waals surface area contributed by atoms with Gasteiger partial charge in [0.25, 0.3) is 0 Å². The van der Waals surface area contributed by atoms with Gasteiger partial charge in [0.15, 0.2) is 9.84 Å². The number of rotatable bonds is 8. The molecule has 2 N–H and O–H groups in total. The number of carboxylic acids is 1. The monoisotopic (exact) mass is 462 g/mol. The zero-order valence-corrected chi connectivity index (χ0v) is 18.1. The number of halogens is 1. The Bertz CT molecular complexity index is 1130. The van der Waals surface area contributed by atoms with E-state index in [1.54, 1.807) is 54.6 Å². The number of benzene rings is 3. The Hall–Kier alpha value is -2.48. The van der Waals surface area contributed by atoms with E-state index in [2.05, 4.69) is 0 Å². The highest BCUT2D eigenvalue weighted by molar-refractivity contribution is 7.99. The summed E-state index contributed by atoms with van der Waals surface area (Å²) in [7, 11) is -3.87. The standard InChI is InChI=1S/C22H19ClO5S2/c23-17-7-5-15(6-8-17)20-3-1-2-4-21(20)30(27,28)14-16(22(25)26)13-29-19-11-9-18(24)10-12-19/h1-12,16,24H,13-14H2,(H,25,26). The molecule has 0 radical (unpaired) electrons. The highest BCUT2D eigenvalue weighted by Gasteiger charge is 2.28. The average Bonchev–Trinajstić information content (AvgIpc) is 2.72. The van der Waals surface area contributed by atoms with Gasteiger partial charge in [0.2, 0.25) is 0 Å². The van der Waals surface area contributed by atoms with Crippen LogP contribution < -0.4 is 0 Å². The van der Waals surface area contributed by atoms with Crippen molar-refractivity contribution in [3.05, 3.63) is 77.8 Å². The molecule has 0 saturated carbocycles. The van der Waals surface area contributed by atoms with Crippen molar-refractivity contribution in [2.24, 2.45) is 5.92 Å². The fraction of sp³-hybridized carbons (Fsp3) is 0.136. The minimum absolute atomic E-state index is 0.0858. The molecular weight excluding hydrogens is 444 g/mol. The lowest BCUT2D eigenvalue weighted by Crippen LogP contribution is -2.26. The summed E-state index contributed by atoms with van der Waals surface area (Å²) in [5, 5.41) is 19.5. The molecule has 5 nitrogen and oxygen atoms in total. The third-order valence-electron chi connectivity index (χ3n) is 4.44. The van der Waals surface area contributed by atoms with Gasteiger partial charge >= 0.3 is 5.97 Å². The van der Waals surface area contributed by atoms with Crippen molar-refractivity contribution >= 4 is 39.2 Å². The number of sulfone groups is 1. The number of phenols is 1. The van der Waals surface area contributed by atoms with Crippen LogP contribution in [-0.2, 0) is 14.6 Å². The van der Waals surface area contributed by atoms with Crippen LogP contribution in [0.25, 0.3) is 11.1 Å². The molecule has 0 amide bonds. The summed E-state index contributed by atoms with van der Waals surface area (Å²) in [6, 6.07) is 19.6. The first-order valence-electron chi connectivity index (χ1n) is 8.98. The van der Waals surface area contributed by atoms with Crippen LogP contribution in [0.1, 0.15) is 0 Å². The normalized spacial score (nSPS) is 12.4. The van der Waals surface area contributed by atoms with Crippen molar-refractivity contribution < 1.29 is 23.4 Å². The zero-order valence-electron chi connectivity index (χ0n) is 15.7. The predicted molar refractivity (Wildman–Crippen MR) is 119 cm³/mol. The van der Waals surface area contributed by atoms with Gasteiger partial charge in [-0.15, -0.1) is 11.8 Å². The molecule has 1 atom stereocenters. The number of hydrogen-bond acceptors (Lipinski definition) is 5. The van der Waals surface area contributed by atoms with Crippen molar-refractivity contribution in [2.45, 2.75) is 9.79 Å². The molecule has 3 aromatic rings. The lowest BCUT2D eigenvalue weighted by molar-refractivity contribution is -0.140. The number of thioether (sulfide) groups is 1. The number of carbonyl (C=O) groups is 1. The van der Waals surface area contributed by atoms with Crippen LogP contribution in [0.2, 0.25) is 5.02 Å². The van der Waals surface area contributed by atoms with Gasteiger partial charge in [-0.2, -0.15) is 0 Å². The molecule has 0 aliphatic heterocycles. The van der Waals surface area contributed by atoms with Gasteiger partial charge in [0.1, 0.15) is 5.75 Å². The first-order valence-corrected chi connectivity index (χ1v) is 12.0. The second-order valence-corrected chi connectivity index (χ2v) is 10.2. The van der Waals surface area contributed by atoms with E-state index in [1.807, 2.05) is 0 Å². The van der Waals surface area contributed by atoms with Crippen LogP contribution in [0.3, 0.4) is 0 Å². The van der Waals surface area contributed by atoms with Gasteiger partial charge in [-0.05, 0) is 48.0 Å². The summed E-state index contributed by atoms with van der Waals surface area (Å²) in [6.45, 7) is 0. The maximum Gasteiger partial charge on any atom is 0.308 e. The molecule has 3 aromatic carbocycles. The second kappa shape index (κ2) is 9.55. The lowest BCUT2D eigenvalue weighted by Gasteiger charge is -2.15. The molecule has 0 aromatic heterocycles. The van der Waals surface area contributed by atoms with Crippen LogP contribution in [0.4, 0.5) is 0 Å². The van der Waals surface area contributed by atoms with Crippen molar-refractivity contribution in [3.8, 4) is 16.9 Å². The Balaban J connectivity index is 1.84. The van der Waals surface area contributed by atoms with Crippen LogP contribution in [0, 0.1) is 5.92 Å². The third kappa shape index (κ3) is 5.56. The van der Waals surface area contributed by atoms with E-state index in [-0.39, 0.29) is 16.4 Å². The second-order valence-electron chi connectivity index (χ2n) is 6.62. The van der Waals surface area contributed by atoms with E-state index in [0.29, 0.717) is 16.1 Å². The summed E-state index contributed by atoms with van der Waals surface area (Å²) < 4.78 is 26.3. The first-order chi connectivity index (χ1) is 14.3. The molecule has 30 heavy (non-hydrogen) atoms. The molecule has 1 unspecified atom stereocenters. The van der Waals surface area contributed by atoms with E-state index in [4.69, 9.17) is 11.6 Å². The molecule has 156 valence electrons. The Morgan fingerprint density at radius 1 is 0.967 bits per heavy atom. The van der Waals surface area contributed by atoms with Crippen LogP contribution in [0.5, 0.6) is 5.75 Å².